The van der Waals surface area contributed by atoms with Crippen molar-refractivity contribution in [3.8, 4) is 0 Å². The third-order valence-corrected chi connectivity index (χ3v) is 4.49. The minimum atomic E-state index is -4.12. The molecule has 0 saturated carbocycles. The van der Waals surface area contributed by atoms with Gasteiger partial charge in [0.15, 0.2) is 0 Å². The first kappa shape index (κ1) is 18.9. The zero-order valence-corrected chi connectivity index (χ0v) is 13.7. The molecule has 0 aromatic heterocycles. The van der Waals surface area contributed by atoms with Crippen molar-refractivity contribution < 1.29 is 27.9 Å². The molecule has 2 amide bonds. The molecule has 0 unspecified atom stereocenters. The van der Waals surface area contributed by atoms with E-state index in [1.807, 2.05) is 0 Å². The molecule has 10 nitrogen and oxygen atoms in total. The molecule has 136 valence electrons. The first-order valence-electron chi connectivity index (χ1n) is 6.91. The zero-order chi connectivity index (χ0) is 19.3. The van der Waals surface area contributed by atoms with Gasteiger partial charge in [0.25, 0.3) is 15.9 Å². The van der Waals surface area contributed by atoms with Crippen LogP contribution in [-0.4, -0.2) is 26.2 Å². The van der Waals surface area contributed by atoms with Gasteiger partial charge in [-0.2, -0.15) is 0 Å². The van der Waals surface area contributed by atoms with Gasteiger partial charge in [-0.25, -0.2) is 8.42 Å². The molecule has 3 N–H and O–H groups in total. The highest BCUT2D eigenvalue weighted by Gasteiger charge is 2.17. The smallest absolute Gasteiger partial charge is 0.312 e. The predicted molar refractivity (Wildman–Crippen MR) is 88.2 cm³/mol. The second-order valence-electron chi connectivity index (χ2n) is 4.85. The number of carboxylic acid groups (broad SMARTS) is 1. The van der Waals surface area contributed by atoms with Crippen LogP contribution in [0.3, 0.4) is 0 Å². The maximum absolute atomic E-state index is 12.3. The van der Waals surface area contributed by atoms with Crippen molar-refractivity contribution in [2.75, 3.05) is 10.0 Å². The number of para-hydroxylation sites is 1. The largest absolute Gasteiger partial charge is 0.759 e. The molecule has 2 rings (SSSR count). The molecule has 0 aliphatic heterocycles. The molecule has 0 heterocycles. The van der Waals surface area contributed by atoms with E-state index in [9.17, 15) is 33.1 Å². The van der Waals surface area contributed by atoms with Gasteiger partial charge in [0, 0.05) is 11.3 Å². The Labute approximate surface area is 147 Å². The normalized spacial score (nSPS) is 10.7. The Hall–Kier alpha value is -3.44. The van der Waals surface area contributed by atoms with Gasteiger partial charge >= 0.3 is 5.91 Å². The summed E-state index contributed by atoms with van der Waals surface area (Å²) in [5.41, 5.74) is 0.479. The molecule has 0 radical (unpaired) electrons. The van der Waals surface area contributed by atoms with Crippen LogP contribution in [0.15, 0.2) is 53.4 Å². The summed E-state index contributed by atoms with van der Waals surface area (Å²) in [6.07, 6.45) is 0. The van der Waals surface area contributed by atoms with Gasteiger partial charge in [0.2, 0.25) is 0 Å². The molecule has 2 aromatic carbocycles. The molecule has 0 fully saturated rings. The Morgan fingerprint density at radius 3 is 2.08 bits per heavy atom. The van der Waals surface area contributed by atoms with Crippen LogP contribution >= 0.6 is 0 Å². The monoisotopic (exact) mass is 377 g/mol. The fourth-order valence-corrected chi connectivity index (χ4v) is 2.99. The Morgan fingerprint density at radius 2 is 1.50 bits per heavy atom. The van der Waals surface area contributed by atoms with Gasteiger partial charge < -0.3 is 25.9 Å². The number of sulfonamides is 1. The van der Waals surface area contributed by atoms with Crippen LogP contribution < -0.4 is 20.6 Å². The van der Waals surface area contributed by atoms with Crippen molar-refractivity contribution in [3.05, 3.63) is 59.3 Å². The van der Waals surface area contributed by atoms with E-state index in [4.69, 9.17) is 0 Å². The molecule has 11 heteroatoms. The van der Waals surface area contributed by atoms with Gasteiger partial charge in [-0.15, -0.1) is 0 Å². The van der Waals surface area contributed by atoms with Crippen LogP contribution in [0.5, 0.6) is 0 Å². The lowest BCUT2D eigenvalue weighted by Gasteiger charge is -2.13. The fraction of sp³-hybridized carbons (Fsp3) is 0. The lowest BCUT2D eigenvalue weighted by atomic mass is 10.2. The van der Waals surface area contributed by atoms with Crippen LogP contribution in [0.1, 0.15) is 10.4 Å². The molecule has 26 heavy (non-hydrogen) atoms. The Bertz CT molecular complexity index is 955. The highest BCUT2D eigenvalue weighted by Crippen LogP contribution is 2.21. The average molecular weight is 377 g/mol. The SMILES string of the molecule is O=C(N[O-])C(=O)Nc1ccc(S(=O)(=O)Nc2ccccc2C(=O)[O-])cc1. The lowest BCUT2D eigenvalue weighted by molar-refractivity contribution is -0.254. The van der Waals surface area contributed by atoms with E-state index in [1.54, 1.807) is 0 Å². The minimum Gasteiger partial charge on any atom is -0.759 e. The molecule has 0 aliphatic carbocycles. The van der Waals surface area contributed by atoms with Gasteiger partial charge in [0.05, 0.1) is 16.6 Å². The number of hydrogen-bond donors (Lipinski definition) is 3. The Balaban J connectivity index is 2.21. The van der Waals surface area contributed by atoms with Gasteiger partial charge in [0.1, 0.15) is 0 Å². The maximum Gasteiger partial charge on any atom is 0.312 e. The number of nitrogens with one attached hydrogen (secondary N) is 3. The number of anilines is 2. The number of hydrogen-bond acceptors (Lipinski definition) is 7. The highest BCUT2D eigenvalue weighted by atomic mass is 32.2. The predicted octanol–water partition coefficient (Wildman–Crippen LogP) is -0.597. The second-order valence-corrected chi connectivity index (χ2v) is 6.53. The summed E-state index contributed by atoms with van der Waals surface area (Å²) in [7, 11) is -4.12. The van der Waals surface area contributed by atoms with Crippen molar-refractivity contribution in [2.24, 2.45) is 0 Å². The summed E-state index contributed by atoms with van der Waals surface area (Å²) in [6.45, 7) is 0. The van der Waals surface area contributed by atoms with E-state index < -0.39 is 27.8 Å². The molecule has 2 aromatic rings. The summed E-state index contributed by atoms with van der Waals surface area (Å²) in [5.74, 6) is -4.16. The zero-order valence-electron chi connectivity index (χ0n) is 12.9. The quantitative estimate of drug-likeness (QED) is 0.462. The third kappa shape index (κ3) is 4.34. The highest BCUT2D eigenvalue weighted by molar-refractivity contribution is 7.92. The van der Waals surface area contributed by atoms with E-state index in [0.717, 1.165) is 17.6 Å². The molecule has 0 bridgehead atoms. The summed E-state index contributed by atoms with van der Waals surface area (Å²) in [4.78, 5) is 32.9. The van der Waals surface area contributed by atoms with Gasteiger partial charge in [-0.1, -0.05) is 18.2 Å². The Kier molecular flexibility index (Phi) is 5.54. The number of carbonyl (C=O) groups is 3. The summed E-state index contributed by atoms with van der Waals surface area (Å²) >= 11 is 0. The number of carboxylic acids is 1. The van der Waals surface area contributed by atoms with Gasteiger partial charge in [-0.3, -0.25) is 14.3 Å². The van der Waals surface area contributed by atoms with E-state index >= 15 is 0 Å². The summed E-state index contributed by atoms with van der Waals surface area (Å²) < 4.78 is 26.8. The first-order chi connectivity index (χ1) is 12.2. The van der Waals surface area contributed by atoms with Crippen molar-refractivity contribution >= 4 is 39.2 Å². The van der Waals surface area contributed by atoms with Crippen molar-refractivity contribution in [3.63, 3.8) is 0 Å². The van der Waals surface area contributed by atoms with E-state index in [-0.39, 0.29) is 21.8 Å². The minimum absolute atomic E-state index is 0.0766. The molecular formula is C15H11N3O7S-2. The van der Waals surface area contributed by atoms with E-state index in [1.165, 1.54) is 36.4 Å². The first-order valence-corrected chi connectivity index (χ1v) is 8.39. The van der Waals surface area contributed by atoms with E-state index in [0.29, 0.717) is 0 Å². The number of rotatable bonds is 5. The van der Waals surface area contributed by atoms with Crippen LogP contribution in [0, 0.1) is 5.21 Å². The molecular weight excluding hydrogens is 366 g/mol. The topological polar surface area (TPSA) is 168 Å². The Morgan fingerprint density at radius 1 is 0.885 bits per heavy atom. The number of aromatic carboxylic acids is 1. The summed E-state index contributed by atoms with van der Waals surface area (Å²) in [5, 5.41) is 23.2. The molecule has 0 aliphatic rings. The average Bonchev–Trinajstić information content (AvgIpc) is 2.61. The third-order valence-electron chi connectivity index (χ3n) is 3.11. The van der Waals surface area contributed by atoms with Crippen LogP contribution in [0.4, 0.5) is 11.4 Å². The number of amides is 2. The number of carbonyl (C=O) groups excluding carboxylic acids is 3. The van der Waals surface area contributed by atoms with Crippen LogP contribution in [-0.2, 0) is 19.6 Å². The van der Waals surface area contributed by atoms with Crippen molar-refractivity contribution in [1.82, 2.24) is 5.48 Å². The molecule has 0 spiro atoms. The number of benzene rings is 2. The molecule has 0 atom stereocenters. The second kappa shape index (κ2) is 7.63. The maximum atomic E-state index is 12.3. The number of hydroxylamine groups is 1. The standard InChI is InChI=1S/C15H12N3O7S/c19-13(14(20)17-23)16-9-5-7-10(8-6-9)26(24,25)18-12-4-2-1-3-11(12)15(21)22/h1-8,18H,(H3-,16,17,19,20,21,22,23)/q-1/p-1. The summed E-state index contributed by atoms with van der Waals surface area (Å²) in [6, 6.07) is 9.93. The van der Waals surface area contributed by atoms with Crippen molar-refractivity contribution in [2.45, 2.75) is 4.90 Å². The lowest BCUT2D eigenvalue weighted by Crippen LogP contribution is -2.31. The van der Waals surface area contributed by atoms with Gasteiger partial charge in [-0.05, 0) is 30.3 Å². The van der Waals surface area contributed by atoms with E-state index in [2.05, 4.69) is 10.0 Å². The molecule has 0 saturated heterocycles. The van der Waals surface area contributed by atoms with Crippen LogP contribution in [0.2, 0.25) is 0 Å². The van der Waals surface area contributed by atoms with Crippen LogP contribution in [0.25, 0.3) is 0 Å². The van der Waals surface area contributed by atoms with Crippen molar-refractivity contribution in [1.29, 1.82) is 0 Å². The fourth-order valence-electron chi connectivity index (χ4n) is 1.91.